The van der Waals surface area contributed by atoms with Gasteiger partial charge in [-0.25, -0.2) is 9.97 Å². The summed E-state index contributed by atoms with van der Waals surface area (Å²) in [4.78, 5) is 10.7. The smallest absolute Gasteiger partial charge is 0.218 e. The highest BCUT2D eigenvalue weighted by Gasteiger charge is 2.41. The number of ether oxygens (including phenoxy) is 1. The van der Waals surface area contributed by atoms with Gasteiger partial charge in [-0.2, -0.15) is 0 Å². The number of rotatable bonds is 2. The van der Waals surface area contributed by atoms with Gasteiger partial charge in [0.2, 0.25) is 5.88 Å². The van der Waals surface area contributed by atoms with Crippen molar-refractivity contribution in [3.63, 3.8) is 0 Å². The van der Waals surface area contributed by atoms with Gasteiger partial charge in [0.25, 0.3) is 0 Å². The monoisotopic (exact) mass is 234 g/mol. The summed E-state index contributed by atoms with van der Waals surface area (Å²) in [5, 5.41) is 0. The maximum Gasteiger partial charge on any atom is 0.218 e. The Morgan fingerprint density at radius 1 is 1.35 bits per heavy atom. The van der Waals surface area contributed by atoms with E-state index in [0.717, 1.165) is 24.8 Å². The fourth-order valence-electron chi connectivity index (χ4n) is 3.11. The van der Waals surface area contributed by atoms with E-state index < -0.39 is 0 Å². The lowest BCUT2D eigenvalue weighted by Crippen LogP contribution is -2.30. The SMILES string of the molecule is COc1cc(N2CC3CCC(N)C3C2)ncn1. The maximum atomic E-state index is 6.13. The molecule has 5 heteroatoms. The molecule has 0 radical (unpaired) electrons. The van der Waals surface area contributed by atoms with Crippen LogP contribution in [0.3, 0.4) is 0 Å². The summed E-state index contributed by atoms with van der Waals surface area (Å²) in [5.41, 5.74) is 6.13. The second-order valence-corrected chi connectivity index (χ2v) is 4.99. The number of hydrogen-bond donors (Lipinski definition) is 1. The van der Waals surface area contributed by atoms with Crippen molar-refractivity contribution in [2.75, 3.05) is 25.1 Å². The summed E-state index contributed by atoms with van der Waals surface area (Å²) in [7, 11) is 1.63. The summed E-state index contributed by atoms with van der Waals surface area (Å²) >= 11 is 0. The number of nitrogens with two attached hydrogens (primary N) is 1. The molecule has 0 spiro atoms. The topological polar surface area (TPSA) is 64.3 Å². The van der Waals surface area contributed by atoms with E-state index in [1.165, 1.54) is 12.8 Å². The van der Waals surface area contributed by atoms with Gasteiger partial charge in [0.1, 0.15) is 12.1 Å². The van der Waals surface area contributed by atoms with Gasteiger partial charge in [0.15, 0.2) is 0 Å². The Kier molecular flexibility index (Phi) is 2.63. The first kappa shape index (κ1) is 10.8. The van der Waals surface area contributed by atoms with Crippen LogP contribution in [-0.2, 0) is 0 Å². The number of anilines is 1. The Morgan fingerprint density at radius 2 is 2.24 bits per heavy atom. The molecule has 92 valence electrons. The molecule has 2 fully saturated rings. The van der Waals surface area contributed by atoms with Gasteiger partial charge in [-0.3, -0.25) is 0 Å². The third-order valence-electron chi connectivity index (χ3n) is 4.07. The lowest BCUT2D eigenvalue weighted by Gasteiger charge is -2.19. The van der Waals surface area contributed by atoms with Crippen LogP contribution in [0.5, 0.6) is 5.88 Å². The Bertz CT molecular complexity index is 411. The van der Waals surface area contributed by atoms with Crippen LogP contribution in [0.1, 0.15) is 12.8 Å². The molecule has 5 nitrogen and oxygen atoms in total. The maximum absolute atomic E-state index is 6.13. The largest absolute Gasteiger partial charge is 0.481 e. The van der Waals surface area contributed by atoms with Crippen LogP contribution in [0, 0.1) is 11.8 Å². The van der Waals surface area contributed by atoms with Crippen molar-refractivity contribution < 1.29 is 4.74 Å². The molecule has 0 bridgehead atoms. The standard InChI is InChI=1S/C12H18N4O/c1-17-12-4-11(14-7-15-12)16-5-8-2-3-10(13)9(8)6-16/h4,7-10H,2-3,5-6,13H2,1H3. The third kappa shape index (κ3) is 1.84. The van der Waals surface area contributed by atoms with E-state index in [1.54, 1.807) is 13.4 Å². The lowest BCUT2D eigenvalue weighted by molar-refractivity contribution is 0.396. The summed E-state index contributed by atoms with van der Waals surface area (Å²) < 4.78 is 5.13. The Labute approximate surface area is 101 Å². The predicted molar refractivity (Wildman–Crippen MR) is 65.0 cm³/mol. The molecule has 1 aliphatic carbocycles. The Morgan fingerprint density at radius 3 is 3.00 bits per heavy atom. The number of nitrogens with zero attached hydrogens (tertiary/aromatic N) is 3. The van der Waals surface area contributed by atoms with Crippen molar-refractivity contribution in [1.82, 2.24) is 9.97 Å². The van der Waals surface area contributed by atoms with Crippen molar-refractivity contribution >= 4 is 5.82 Å². The number of fused-ring (bicyclic) bond motifs is 1. The summed E-state index contributed by atoms with van der Waals surface area (Å²) in [6.07, 6.45) is 3.99. The van der Waals surface area contributed by atoms with Crippen molar-refractivity contribution in [2.45, 2.75) is 18.9 Å². The molecule has 2 N–H and O–H groups in total. The minimum Gasteiger partial charge on any atom is -0.481 e. The minimum absolute atomic E-state index is 0.369. The number of hydrogen-bond acceptors (Lipinski definition) is 5. The quantitative estimate of drug-likeness (QED) is 0.814. The fraction of sp³-hybridized carbons (Fsp3) is 0.667. The average molecular weight is 234 g/mol. The van der Waals surface area contributed by atoms with Crippen LogP contribution >= 0.6 is 0 Å². The zero-order chi connectivity index (χ0) is 11.8. The van der Waals surface area contributed by atoms with Gasteiger partial charge in [0.05, 0.1) is 7.11 Å². The number of aromatic nitrogens is 2. The molecule has 3 rings (SSSR count). The van der Waals surface area contributed by atoms with Crippen LogP contribution in [0.15, 0.2) is 12.4 Å². The van der Waals surface area contributed by atoms with Crippen molar-refractivity contribution in [3.05, 3.63) is 12.4 Å². The number of methoxy groups -OCH3 is 1. The van der Waals surface area contributed by atoms with Crippen LogP contribution in [0.4, 0.5) is 5.82 Å². The summed E-state index contributed by atoms with van der Waals surface area (Å²) in [6.45, 7) is 2.09. The van der Waals surface area contributed by atoms with E-state index in [0.29, 0.717) is 17.8 Å². The van der Waals surface area contributed by atoms with Crippen LogP contribution in [0.2, 0.25) is 0 Å². The molecule has 3 atom stereocenters. The highest BCUT2D eigenvalue weighted by atomic mass is 16.5. The van der Waals surface area contributed by atoms with Gasteiger partial charge in [0, 0.05) is 25.2 Å². The van der Waals surface area contributed by atoms with E-state index in [1.807, 2.05) is 6.07 Å². The zero-order valence-corrected chi connectivity index (χ0v) is 10.0. The highest BCUT2D eigenvalue weighted by Crippen LogP contribution is 2.38. The molecule has 1 aromatic heterocycles. The van der Waals surface area contributed by atoms with Gasteiger partial charge < -0.3 is 15.4 Å². The van der Waals surface area contributed by atoms with Crippen molar-refractivity contribution in [2.24, 2.45) is 17.6 Å². The van der Waals surface area contributed by atoms with Gasteiger partial charge >= 0.3 is 0 Å². The lowest BCUT2D eigenvalue weighted by atomic mass is 9.98. The molecule has 0 amide bonds. The molecule has 1 aromatic rings. The minimum atomic E-state index is 0.369. The van der Waals surface area contributed by atoms with E-state index in [9.17, 15) is 0 Å². The third-order valence-corrected chi connectivity index (χ3v) is 4.07. The van der Waals surface area contributed by atoms with E-state index in [4.69, 9.17) is 10.5 Å². The molecule has 0 aromatic carbocycles. The molecule has 1 aliphatic heterocycles. The molecule has 2 heterocycles. The van der Waals surface area contributed by atoms with Crippen LogP contribution in [0.25, 0.3) is 0 Å². The van der Waals surface area contributed by atoms with Gasteiger partial charge in [-0.1, -0.05) is 0 Å². The van der Waals surface area contributed by atoms with Crippen LogP contribution in [-0.4, -0.2) is 36.2 Å². The Balaban J connectivity index is 1.78. The van der Waals surface area contributed by atoms with Crippen molar-refractivity contribution in [3.8, 4) is 5.88 Å². The predicted octanol–water partition coefficient (Wildman–Crippen LogP) is 0.659. The van der Waals surface area contributed by atoms with Gasteiger partial charge in [-0.15, -0.1) is 0 Å². The first-order valence-electron chi connectivity index (χ1n) is 6.14. The molecule has 2 aliphatic rings. The average Bonchev–Trinajstić information content (AvgIpc) is 2.92. The summed E-state index contributed by atoms with van der Waals surface area (Å²) in [6, 6.07) is 2.26. The molecular weight excluding hydrogens is 216 g/mol. The molecule has 3 unspecified atom stereocenters. The normalized spacial score (nSPS) is 31.6. The second kappa shape index (κ2) is 4.14. The molecular formula is C12H18N4O. The second-order valence-electron chi connectivity index (χ2n) is 4.99. The molecule has 1 saturated heterocycles. The first-order chi connectivity index (χ1) is 8.28. The van der Waals surface area contributed by atoms with E-state index >= 15 is 0 Å². The molecule has 1 saturated carbocycles. The first-order valence-corrected chi connectivity index (χ1v) is 6.14. The zero-order valence-electron chi connectivity index (χ0n) is 10.0. The Hall–Kier alpha value is -1.36. The van der Waals surface area contributed by atoms with E-state index in [2.05, 4.69) is 14.9 Å². The van der Waals surface area contributed by atoms with Crippen molar-refractivity contribution in [1.29, 1.82) is 0 Å². The van der Waals surface area contributed by atoms with E-state index in [-0.39, 0.29) is 0 Å². The summed E-state index contributed by atoms with van der Waals surface area (Å²) in [5.74, 6) is 2.96. The van der Waals surface area contributed by atoms with Crippen LogP contribution < -0.4 is 15.4 Å². The highest BCUT2D eigenvalue weighted by molar-refractivity contribution is 5.42. The molecule has 17 heavy (non-hydrogen) atoms. The fourth-order valence-corrected chi connectivity index (χ4v) is 3.11. The van der Waals surface area contributed by atoms with Gasteiger partial charge in [-0.05, 0) is 24.7 Å².